The summed E-state index contributed by atoms with van der Waals surface area (Å²) in [6.45, 7) is 13.8. The summed E-state index contributed by atoms with van der Waals surface area (Å²) >= 11 is 0. The average molecular weight is 697 g/mol. The number of nitrogens with one attached hydrogen (secondary N) is 2. The van der Waals surface area contributed by atoms with Gasteiger partial charge in [-0.15, -0.1) is 0 Å². The van der Waals surface area contributed by atoms with Crippen LogP contribution in [-0.2, 0) is 10.2 Å². The first-order chi connectivity index (χ1) is 24.3. The van der Waals surface area contributed by atoms with E-state index >= 15 is 8.78 Å². The number of fused-ring (bicyclic) bond motifs is 2. The molecule has 2 amide bonds. The zero-order chi connectivity index (χ0) is 36.0. The smallest absolute Gasteiger partial charge is 0.251 e. The van der Waals surface area contributed by atoms with Crippen molar-refractivity contribution in [1.29, 1.82) is 0 Å². The molecule has 5 heterocycles. The van der Waals surface area contributed by atoms with Gasteiger partial charge in [-0.3, -0.25) is 19.5 Å². The average Bonchev–Trinajstić information content (AvgIpc) is 3.76. The van der Waals surface area contributed by atoms with E-state index in [1.807, 2.05) is 49.3 Å². The second-order valence-electron chi connectivity index (χ2n) is 16.1. The summed E-state index contributed by atoms with van der Waals surface area (Å²) in [5, 5.41) is 5.92. The summed E-state index contributed by atoms with van der Waals surface area (Å²) < 4.78 is 32.8. The Bertz CT molecular complexity index is 2080. The van der Waals surface area contributed by atoms with Crippen LogP contribution in [0.1, 0.15) is 107 Å². The first-order valence-electron chi connectivity index (χ1n) is 18.3. The van der Waals surface area contributed by atoms with Crippen LogP contribution in [0.4, 0.5) is 26.0 Å². The lowest BCUT2D eigenvalue weighted by Crippen LogP contribution is -2.64. The highest BCUT2D eigenvalue weighted by atomic mass is 19.2. The minimum absolute atomic E-state index is 0.00996. The van der Waals surface area contributed by atoms with E-state index in [0.717, 1.165) is 50.2 Å². The molecule has 0 bridgehead atoms. The van der Waals surface area contributed by atoms with Crippen molar-refractivity contribution in [2.75, 3.05) is 23.3 Å². The van der Waals surface area contributed by atoms with E-state index < -0.39 is 23.0 Å². The molecule has 3 fully saturated rings. The number of rotatable bonds is 8. The maximum Gasteiger partial charge on any atom is 0.251 e. The monoisotopic (exact) mass is 696 g/mol. The zero-order valence-corrected chi connectivity index (χ0v) is 30.2. The van der Waals surface area contributed by atoms with Crippen molar-refractivity contribution in [2.45, 2.75) is 116 Å². The molecule has 0 atom stereocenters. The molecule has 1 saturated heterocycles. The Labute approximate surface area is 297 Å². The van der Waals surface area contributed by atoms with Crippen LogP contribution in [0.25, 0.3) is 22.3 Å². The summed E-state index contributed by atoms with van der Waals surface area (Å²) in [5.41, 5.74) is 3.03. The van der Waals surface area contributed by atoms with Crippen molar-refractivity contribution in [3.63, 3.8) is 0 Å². The van der Waals surface area contributed by atoms with Crippen LogP contribution in [0.15, 0.2) is 30.7 Å². The standard InChI is InChI=1S/C39H46F2N8O2/c1-21(2)48-20-43-29-16-27(45-35(33(29)48)46-28-15-26(22(3)31(40)32(28)41)36(50)44-24-10-11-24)23-14-30-34(42-19-23)38(4,5)37(51)49(30)25-17-39(6,18-25)47-12-8-7-9-13-47/h14-16,19-21,24-25H,7-13,17-18H2,1-6H3,(H,44,50)(H,45,46)/t25-,39+. The van der Waals surface area contributed by atoms with Crippen molar-refractivity contribution in [2.24, 2.45) is 0 Å². The van der Waals surface area contributed by atoms with E-state index in [9.17, 15) is 9.59 Å². The number of likely N-dealkylation sites (tertiary alicyclic amines) is 1. The SMILES string of the molecule is Cc1c(C(=O)NC2CC2)cc(Nc2nc(-c3cnc4c(c3)N([C@H]3C[C@@](C)(N5CCCCC5)C3)C(=O)C4(C)C)cc3ncn(C(C)C)c23)c(F)c1F. The minimum Gasteiger partial charge on any atom is -0.349 e. The number of carbonyl (C=O) groups excluding carboxylic acids is 2. The van der Waals surface area contributed by atoms with Gasteiger partial charge in [0.15, 0.2) is 17.5 Å². The molecule has 2 N–H and O–H groups in total. The summed E-state index contributed by atoms with van der Waals surface area (Å²) in [5.74, 6) is -2.32. The summed E-state index contributed by atoms with van der Waals surface area (Å²) in [4.78, 5) is 46.1. The number of aromatic nitrogens is 4. The van der Waals surface area contributed by atoms with Gasteiger partial charge < -0.3 is 20.1 Å². The van der Waals surface area contributed by atoms with Gasteiger partial charge in [0.25, 0.3) is 5.91 Å². The first kappa shape index (κ1) is 33.7. The van der Waals surface area contributed by atoms with Crippen LogP contribution in [0.2, 0.25) is 0 Å². The molecule has 1 aromatic carbocycles. The molecular weight excluding hydrogens is 650 g/mol. The second kappa shape index (κ2) is 12.1. The predicted molar refractivity (Wildman–Crippen MR) is 193 cm³/mol. The lowest BCUT2D eigenvalue weighted by Gasteiger charge is -2.55. The molecule has 0 radical (unpaired) electrons. The van der Waals surface area contributed by atoms with Crippen LogP contribution in [0.3, 0.4) is 0 Å². The number of pyridine rings is 2. The molecule has 4 aromatic rings. The third kappa shape index (κ3) is 5.57. The molecule has 8 rings (SSSR count). The normalized spacial score (nSPS) is 23.1. The molecule has 12 heteroatoms. The molecule has 4 aliphatic rings. The van der Waals surface area contributed by atoms with E-state index in [1.165, 1.54) is 32.3 Å². The number of carbonyl (C=O) groups is 2. The number of benzene rings is 1. The van der Waals surface area contributed by atoms with E-state index in [-0.39, 0.29) is 52.2 Å². The second-order valence-corrected chi connectivity index (χ2v) is 16.1. The molecule has 2 saturated carbocycles. The summed E-state index contributed by atoms with van der Waals surface area (Å²) in [6.07, 6.45) is 10.7. The quantitative estimate of drug-likeness (QED) is 0.199. The number of hydrogen-bond acceptors (Lipinski definition) is 7. The van der Waals surface area contributed by atoms with E-state index in [1.54, 1.807) is 12.5 Å². The third-order valence-electron chi connectivity index (χ3n) is 11.6. The molecule has 268 valence electrons. The number of hydrogen-bond donors (Lipinski definition) is 2. The van der Waals surface area contributed by atoms with Gasteiger partial charge in [-0.05, 0) is 111 Å². The molecule has 0 unspecified atom stereocenters. The topological polar surface area (TPSA) is 108 Å². The largest absolute Gasteiger partial charge is 0.349 e. The Morgan fingerprint density at radius 1 is 1.00 bits per heavy atom. The van der Waals surface area contributed by atoms with Crippen LogP contribution in [-0.4, -0.2) is 66.9 Å². The van der Waals surface area contributed by atoms with Crippen LogP contribution in [0.5, 0.6) is 0 Å². The van der Waals surface area contributed by atoms with Gasteiger partial charge in [0.1, 0.15) is 5.52 Å². The number of anilines is 3. The van der Waals surface area contributed by atoms with Gasteiger partial charge in [0, 0.05) is 46.6 Å². The maximum atomic E-state index is 15.6. The lowest BCUT2D eigenvalue weighted by molar-refractivity contribution is -0.123. The fourth-order valence-corrected chi connectivity index (χ4v) is 8.31. The Balaban J connectivity index is 1.18. The Morgan fingerprint density at radius 2 is 1.73 bits per heavy atom. The summed E-state index contributed by atoms with van der Waals surface area (Å²) in [6, 6.07) is 5.30. The van der Waals surface area contributed by atoms with Crippen molar-refractivity contribution in [3.05, 3.63) is 59.2 Å². The number of nitrogens with zero attached hydrogens (tertiary/aromatic N) is 6. The molecule has 10 nitrogen and oxygen atoms in total. The van der Waals surface area contributed by atoms with Crippen molar-refractivity contribution >= 4 is 40.0 Å². The van der Waals surface area contributed by atoms with Crippen LogP contribution >= 0.6 is 0 Å². The van der Waals surface area contributed by atoms with Crippen molar-refractivity contribution in [3.8, 4) is 11.3 Å². The van der Waals surface area contributed by atoms with Gasteiger partial charge in [0.05, 0.1) is 40.0 Å². The fourth-order valence-electron chi connectivity index (χ4n) is 8.31. The van der Waals surface area contributed by atoms with E-state index in [2.05, 4.69) is 27.4 Å². The van der Waals surface area contributed by atoms with E-state index in [4.69, 9.17) is 9.97 Å². The van der Waals surface area contributed by atoms with Crippen molar-refractivity contribution in [1.82, 2.24) is 29.7 Å². The lowest BCUT2D eigenvalue weighted by atomic mass is 9.71. The molecule has 3 aromatic heterocycles. The number of amides is 2. The van der Waals surface area contributed by atoms with Crippen LogP contribution < -0.4 is 15.5 Å². The zero-order valence-electron chi connectivity index (χ0n) is 30.2. The van der Waals surface area contributed by atoms with Gasteiger partial charge >= 0.3 is 0 Å². The summed E-state index contributed by atoms with van der Waals surface area (Å²) in [7, 11) is 0. The Kier molecular flexibility index (Phi) is 7.97. The van der Waals surface area contributed by atoms with Gasteiger partial charge in [-0.1, -0.05) is 6.42 Å². The minimum atomic E-state index is -1.10. The number of halogens is 2. The fraction of sp³-hybridized carbons (Fsp3) is 0.513. The highest BCUT2D eigenvalue weighted by Gasteiger charge is 2.54. The Morgan fingerprint density at radius 3 is 2.41 bits per heavy atom. The molecule has 2 aliphatic carbocycles. The van der Waals surface area contributed by atoms with Crippen LogP contribution in [0, 0.1) is 18.6 Å². The van der Waals surface area contributed by atoms with Gasteiger partial charge in [-0.2, -0.15) is 0 Å². The maximum absolute atomic E-state index is 15.6. The third-order valence-corrected chi connectivity index (χ3v) is 11.6. The molecule has 0 spiro atoms. The highest BCUT2D eigenvalue weighted by Crippen LogP contribution is 2.50. The first-order valence-corrected chi connectivity index (χ1v) is 18.3. The number of imidazole rings is 1. The molecule has 2 aliphatic heterocycles. The number of piperidine rings is 1. The Hall–Kier alpha value is -4.45. The van der Waals surface area contributed by atoms with Gasteiger partial charge in [-0.25, -0.2) is 18.7 Å². The predicted octanol–water partition coefficient (Wildman–Crippen LogP) is 7.33. The van der Waals surface area contributed by atoms with E-state index in [0.29, 0.717) is 22.3 Å². The molecular formula is C39H46F2N8O2. The highest BCUT2D eigenvalue weighted by molar-refractivity contribution is 6.08. The molecule has 51 heavy (non-hydrogen) atoms. The van der Waals surface area contributed by atoms with Gasteiger partial charge in [0.2, 0.25) is 5.91 Å². The van der Waals surface area contributed by atoms with Crippen molar-refractivity contribution < 1.29 is 18.4 Å².